The smallest absolute Gasteiger partial charge is 0.194 e. The summed E-state index contributed by atoms with van der Waals surface area (Å²) < 4.78 is 12.3. The monoisotopic (exact) mass is 270 g/mol. The number of hydrogen-bond acceptors (Lipinski definition) is 3. The Morgan fingerprint density at radius 3 is 2.68 bits per heavy atom. The first-order chi connectivity index (χ1) is 9.16. The molecule has 0 spiro atoms. The second-order valence-corrected chi connectivity index (χ2v) is 5.76. The van der Waals surface area contributed by atoms with E-state index in [0.29, 0.717) is 4.71 Å². The quantitative estimate of drug-likeness (QED) is 0.537. The topological polar surface area (TPSA) is 26.3 Å². The average Bonchev–Trinajstić information content (AvgIpc) is 2.97. The summed E-state index contributed by atoms with van der Waals surface area (Å²) in [5.74, 6) is 0. The molecule has 0 N–H and O–H groups in total. The fourth-order valence-electron chi connectivity index (χ4n) is 3.34. The van der Waals surface area contributed by atoms with Gasteiger partial charge in [0, 0.05) is 10.9 Å². The van der Waals surface area contributed by atoms with Crippen LogP contribution in [0.2, 0.25) is 0 Å². The summed E-state index contributed by atoms with van der Waals surface area (Å²) in [4.78, 5) is 0. The molecular weight excluding hydrogens is 256 g/mol. The normalized spacial score (nSPS) is 14.4. The van der Waals surface area contributed by atoms with Crippen molar-refractivity contribution in [2.24, 2.45) is 0 Å². The zero-order chi connectivity index (χ0) is 13.1. The van der Waals surface area contributed by atoms with Crippen LogP contribution in [-0.4, -0.2) is 0 Å². The molecule has 3 aromatic rings. The maximum atomic E-state index is 5.86. The number of benzene rings is 1. The van der Waals surface area contributed by atoms with Gasteiger partial charge in [0.05, 0.1) is 11.6 Å². The highest BCUT2D eigenvalue weighted by molar-refractivity contribution is 7.71. The molecule has 4 rings (SSSR count). The Kier molecular flexibility index (Phi) is 2.19. The van der Waals surface area contributed by atoms with Gasteiger partial charge in [0.2, 0.25) is 0 Å². The Balaban J connectivity index is 2.33. The van der Waals surface area contributed by atoms with Crippen LogP contribution in [0, 0.1) is 18.6 Å². The van der Waals surface area contributed by atoms with E-state index in [1.807, 2.05) is 6.26 Å². The summed E-state index contributed by atoms with van der Waals surface area (Å²) in [6, 6.07) is 2.09. The van der Waals surface area contributed by atoms with Gasteiger partial charge in [-0.15, -0.1) is 0 Å². The second-order valence-electron chi connectivity index (χ2n) is 5.39. The predicted octanol–water partition coefficient (Wildman–Crippen LogP) is 5.01. The summed E-state index contributed by atoms with van der Waals surface area (Å²) in [5.41, 5.74) is 6.75. The molecule has 2 nitrogen and oxygen atoms in total. The number of hydrogen-bond donors (Lipinski definition) is 0. The van der Waals surface area contributed by atoms with E-state index in [9.17, 15) is 0 Å². The van der Waals surface area contributed by atoms with Crippen molar-refractivity contribution >= 4 is 34.2 Å². The first kappa shape index (κ1) is 11.2. The van der Waals surface area contributed by atoms with E-state index < -0.39 is 0 Å². The molecule has 2 heterocycles. The van der Waals surface area contributed by atoms with Gasteiger partial charge in [0.15, 0.2) is 4.71 Å². The fourth-order valence-corrected chi connectivity index (χ4v) is 3.66. The molecule has 0 radical (unpaired) electrons. The Hall–Kier alpha value is -1.61. The number of rotatable bonds is 0. The standard InChI is InChI=1S/C16H14O2S/c1-8-6-12-14(15-13(8)9(2)7-17-15)10-4-3-5-11(10)16(19)18-12/h6-7H,3-5H2,1-2H3. The zero-order valence-electron chi connectivity index (χ0n) is 11.0. The maximum absolute atomic E-state index is 5.86. The third-order valence-corrected chi connectivity index (χ3v) is 4.49. The van der Waals surface area contributed by atoms with Gasteiger partial charge >= 0.3 is 0 Å². The van der Waals surface area contributed by atoms with Gasteiger partial charge < -0.3 is 8.83 Å². The Morgan fingerprint density at radius 2 is 1.84 bits per heavy atom. The third-order valence-electron chi connectivity index (χ3n) is 4.16. The highest BCUT2D eigenvalue weighted by Crippen LogP contribution is 2.38. The molecule has 0 aliphatic heterocycles. The zero-order valence-corrected chi connectivity index (χ0v) is 11.8. The summed E-state index contributed by atoms with van der Waals surface area (Å²) in [6.45, 7) is 4.18. The van der Waals surface area contributed by atoms with Gasteiger partial charge in [-0.3, -0.25) is 0 Å². The van der Waals surface area contributed by atoms with Crippen LogP contribution in [0.25, 0.3) is 21.9 Å². The molecule has 1 aliphatic carbocycles. The largest absolute Gasteiger partial charge is 0.463 e. The van der Waals surface area contributed by atoms with Crippen LogP contribution in [0.5, 0.6) is 0 Å². The molecule has 0 saturated heterocycles. The van der Waals surface area contributed by atoms with Crippen LogP contribution in [-0.2, 0) is 12.8 Å². The van der Waals surface area contributed by atoms with Gasteiger partial charge in [-0.05, 0) is 68.1 Å². The van der Waals surface area contributed by atoms with Crippen molar-refractivity contribution in [3.8, 4) is 0 Å². The SMILES string of the molecule is Cc1coc2c1c(C)cc1oc(=S)c3c(c12)CCC3. The lowest BCUT2D eigenvalue weighted by Gasteiger charge is -2.07. The molecule has 1 aromatic carbocycles. The molecule has 3 heteroatoms. The molecule has 0 fully saturated rings. The molecule has 96 valence electrons. The van der Waals surface area contributed by atoms with Gasteiger partial charge in [0.1, 0.15) is 11.2 Å². The van der Waals surface area contributed by atoms with Crippen molar-refractivity contribution in [3.05, 3.63) is 39.3 Å². The highest BCUT2D eigenvalue weighted by atomic mass is 32.1. The van der Waals surface area contributed by atoms with E-state index >= 15 is 0 Å². The summed E-state index contributed by atoms with van der Waals surface area (Å²) >= 11 is 5.38. The van der Waals surface area contributed by atoms with Crippen molar-refractivity contribution in [1.29, 1.82) is 0 Å². The molecule has 0 unspecified atom stereocenters. The first-order valence-corrected chi connectivity index (χ1v) is 7.03. The molecule has 0 amide bonds. The summed E-state index contributed by atoms with van der Waals surface area (Å²) in [6.07, 6.45) is 5.09. The fraction of sp³-hybridized carbons (Fsp3) is 0.312. The van der Waals surface area contributed by atoms with Gasteiger partial charge in [-0.25, -0.2) is 0 Å². The van der Waals surface area contributed by atoms with E-state index in [1.54, 1.807) is 0 Å². The minimum atomic E-state index is 0.655. The van der Waals surface area contributed by atoms with E-state index in [0.717, 1.165) is 35.8 Å². The van der Waals surface area contributed by atoms with E-state index in [4.69, 9.17) is 21.1 Å². The van der Waals surface area contributed by atoms with E-state index in [2.05, 4.69) is 19.9 Å². The Bertz CT molecular complexity index is 883. The van der Waals surface area contributed by atoms with E-state index in [1.165, 1.54) is 27.6 Å². The maximum Gasteiger partial charge on any atom is 0.194 e. The first-order valence-electron chi connectivity index (χ1n) is 6.63. The van der Waals surface area contributed by atoms with E-state index in [-0.39, 0.29) is 0 Å². The lowest BCUT2D eigenvalue weighted by atomic mass is 10.0. The second kappa shape index (κ2) is 3.70. The average molecular weight is 270 g/mol. The van der Waals surface area contributed by atoms with Crippen LogP contribution in [0.1, 0.15) is 28.7 Å². The summed E-state index contributed by atoms with van der Waals surface area (Å²) in [7, 11) is 0. The predicted molar refractivity (Wildman–Crippen MR) is 78.3 cm³/mol. The summed E-state index contributed by atoms with van der Waals surface area (Å²) in [5, 5.41) is 2.35. The molecule has 19 heavy (non-hydrogen) atoms. The molecular formula is C16H14O2S. The highest BCUT2D eigenvalue weighted by Gasteiger charge is 2.22. The Morgan fingerprint density at radius 1 is 1.05 bits per heavy atom. The number of furan rings is 1. The van der Waals surface area contributed by atoms with Crippen molar-refractivity contribution in [2.45, 2.75) is 33.1 Å². The molecule has 0 saturated carbocycles. The molecule has 0 atom stereocenters. The number of aryl methyl sites for hydroxylation is 3. The van der Waals surface area contributed by atoms with Crippen molar-refractivity contribution in [3.63, 3.8) is 0 Å². The van der Waals surface area contributed by atoms with Crippen molar-refractivity contribution in [1.82, 2.24) is 0 Å². The minimum Gasteiger partial charge on any atom is -0.463 e. The molecule has 0 bridgehead atoms. The van der Waals surface area contributed by atoms with Crippen LogP contribution in [0.3, 0.4) is 0 Å². The van der Waals surface area contributed by atoms with Crippen molar-refractivity contribution in [2.75, 3.05) is 0 Å². The van der Waals surface area contributed by atoms with Gasteiger partial charge in [-0.2, -0.15) is 0 Å². The van der Waals surface area contributed by atoms with Crippen molar-refractivity contribution < 1.29 is 8.83 Å². The minimum absolute atomic E-state index is 0.655. The molecule has 1 aliphatic rings. The van der Waals surface area contributed by atoms with Crippen LogP contribution >= 0.6 is 12.2 Å². The third kappa shape index (κ3) is 1.39. The molecule has 2 aromatic heterocycles. The van der Waals surface area contributed by atoms with Crippen LogP contribution in [0.15, 0.2) is 21.2 Å². The van der Waals surface area contributed by atoms with Gasteiger partial charge in [0.25, 0.3) is 0 Å². The Labute approximate surface area is 116 Å². The van der Waals surface area contributed by atoms with Gasteiger partial charge in [-0.1, -0.05) is 0 Å². The van der Waals surface area contributed by atoms with Crippen LogP contribution in [0.4, 0.5) is 0 Å². The lowest BCUT2D eigenvalue weighted by Crippen LogP contribution is -1.89. The van der Waals surface area contributed by atoms with Crippen LogP contribution < -0.4 is 0 Å². The lowest BCUT2D eigenvalue weighted by molar-refractivity contribution is 0.575. The number of fused-ring (bicyclic) bond motifs is 5.